The fraction of sp³-hybridized carbons (Fsp3) is 0.273. The molecular weight excluding hydrogens is 288 g/mol. The molecule has 0 aliphatic carbocycles. The minimum absolute atomic E-state index is 0.233. The number of anilines is 1. The standard InChI is InChI=1S/C11H14N2O4S2/c12-10-3-1-2-9(6-10)7-19(16,17)13-11-4-5-18(14,15)8-11/h1-6,11,13H,7-8,12H2. The van der Waals surface area contributed by atoms with Gasteiger partial charge in [-0.05, 0) is 17.7 Å². The van der Waals surface area contributed by atoms with E-state index < -0.39 is 25.9 Å². The summed E-state index contributed by atoms with van der Waals surface area (Å²) in [6, 6.07) is 5.85. The molecule has 0 aromatic heterocycles. The maximum absolute atomic E-state index is 11.9. The van der Waals surface area contributed by atoms with E-state index in [9.17, 15) is 16.8 Å². The molecule has 0 amide bonds. The Labute approximate surface area is 112 Å². The average Bonchev–Trinajstić information content (AvgIpc) is 2.56. The molecule has 0 bridgehead atoms. The second-order valence-electron chi connectivity index (χ2n) is 4.39. The van der Waals surface area contributed by atoms with E-state index in [-0.39, 0.29) is 11.5 Å². The summed E-state index contributed by atoms with van der Waals surface area (Å²) in [5.74, 6) is -0.467. The summed E-state index contributed by atoms with van der Waals surface area (Å²) in [6.45, 7) is 0. The van der Waals surface area contributed by atoms with Crippen LogP contribution in [-0.2, 0) is 25.6 Å². The van der Waals surface area contributed by atoms with Gasteiger partial charge in [0, 0.05) is 11.1 Å². The van der Waals surface area contributed by atoms with Crippen LogP contribution in [0.3, 0.4) is 0 Å². The molecule has 1 aromatic rings. The monoisotopic (exact) mass is 302 g/mol. The number of nitrogens with two attached hydrogens (primary N) is 1. The third kappa shape index (κ3) is 4.05. The molecule has 1 aliphatic rings. The molecule has 1 unspecified atom stereocenters. The molecule has 0 saturated heterocycles. The van der Waals surface area contributed by atoms with E-state index in [0.29, 0.717) is 11.3 Å². The zero-order chi connectivity index (χ0) is 14.1. The van der Waals surface area contributed by atoms with Crippen LogP contribution in [-0.4, -0.2) is 28.6 Å². The van der Waals surface area contributed by atoms with Gasteiger partial charge in [0.25, 0.3) is 0 Å². The van der Waals surface area contributed by atoms with Gasteiger partial charge in [-0.3, -0.25) is 0 Å². The summed E-state index contributed by atoms with van der Waals surface area (Å²) < 4.78 is 48.5. The Hall–Kier alpha value is -1.38. The first-order valence-corrected chi connectivity index (χ1v) is 8.88. The lowest BCUT2D eigenvalue weighted by atomic mass is 10.2. The molecular formula is C11H14N2O4S2. The molecule has 6 nitrogen and oxygen atoms in total. The van der Waals surface area contributed by atoms with E-state index in [1.54, 1.807) is 24.3 Å². The van der Waals surface area contributed by atoms with Gasteiger partial charge in [-0.25, -0.2) is 21.6 Å². The van der Waals surface area contributed by atoms with Crippen molar-refractivity contribution in [3.05, 3.63) is 41.3 Å². The second kappa shape index (κ2) is 4.95. The maximum Gasteiger partial charge on any atom is 0.216 e. The Bertz CT molecular complexity index is 708. The first-order chi connectivity index (χ1) is 8.76. The predicted molar refractivity (Wildman–Crippen MR) is 73.3 cm³/mol. The smallest absolute Gasteiger partial charge is 0.216 e. The highest BCUT2D eigenvalue weighted by molar-refractivity contribution is 7.94. The molecule has 104 valence electrons. The Morgan fingerprint density at radius 2 is 2.11 bits per heavy atom. The van der Waals surface area contributed by atoms with Gasteiger partial charge in [-0.15, -0.1) is 0 Å². The lowest BCUT2D eigenvalue weighted by Crippen LogP contribution is -2.36. The second-order valence-corrected chi connectivity index (χ2v) is 8.07. The van der Waals surface area contributed by atoms with Crippen LogP contribution in [0.25, 0.3) is 0 Å². The number of hydrogen-bond donors (Lipinski definition) is 2. The number of sulfone groups is 1. The zero-order valence-electron chi connectivity index (χ0n) is 9.98. The van der Waals surface area contributed by atoms with Gasteiger partial charge < -0.3 is 5.73 Å². The van der Waals surface area contributed by atoms with Gasteiger partial charge in [-0.1, -0.05) is 18.2 Å². The summed E-state index contributed by atoms with van der Waals surface area (Å²) in [5.41, 5.74) is 6.61. The number of sulfonamides is 1. The lowest BCUT2D eigenvalue weighted by Gasteiger charge is -2.11. The quantitative estimate of drug-likeness (QED) is 0.761. The van der Waals surface area contributed by atoms with Crippen molar-refractivity contribution in [2.24, 2.45) is 0 Å². The molecule has 0 spiro atoms. The number of nitrogen functional groups attached to an aromatic ring is 1. The average molecular weight is 302 g/mol. The SMILES string of the molecule is Nc1cccc(CS(=O)(=O)NC2C=CS(=O)(=O)C2)c1. The van der Waals surface area contributed by atoms with Crippen molar-refractivity contribution < 1.29 is 16.8 Å². The molecule has 19 heavy (non-hydrogen) atoms. The topological polar surface area (TPSA) is 106 Å². The highest BCUT2D eigenvalue weighted by Gasteiger charge is 2.25. The van der Waals surface area contributed by atoms with E-state index in [2.05, 4.69) is 4.72 Å². The highest BCUT2D eigenvalue weighted by Crippen LogP contribution is 2.13. The minimum atomic E-state index is -3.61. The van der Waals surface area contributed by atoms with E-state index in [0.717, 1.165) is 5.41 Å². The Morgan fingerprint density at radius 3 is 2.68 bits per heavy atom. The molecule has 1 heterocycles. The number of hydrogen-bond acceptors (Lipinski definition) is 5. The van der Waals surface area contributed by atoms with Crippen molar-refractivity contribution in [3.8, 4) is 0 Å². The van der Waals surface area contributed by atoms with Crippen LogP contribution < -0.4 is 10.5 Å². The van der Waals surface area contributed by atoms with Gasteiger partial charge in [0.15, 0.2) is 9.84 Å². The van der Waals surface area contributed by atoms with Crippen LogP contribution in [0.2, 0.25) is 0 Å². The Balaban J connectivity index is 2.06. The van der Waals surface area contributed by atoms with E-state index >= 15 is 0 Å². The number of benzene rings is 1. The summed E-state index contributed by atoms with van der Waals surface area (Å²) in [4.78, 5) is 0. The fourth-order valence-electron chi connectivity index (χ4n) is 1.82. The van der Waals surface area contributed by atoms with Gasteiger partial charge >= 0.3 is 0 Å². The van der Waals surface area contributed by atoms with Crippen molar-refractivity contribution in [1.82, 2.24) is 4.72 Å². The molecule has 2 rings (SSSR count). The third-order valence-corrected chi connectivity index (χ3v) is 5.34. The van der Waals surface area contributed by atoms with Crippen molar-refractivity contribution in [1.29, 1.82) is 0 Å². The summed E-state index contributed by atoms with van der Waals surface area (Å²) in [5, 5.41) is 1.03. The molecule has 1 atom stereocenters. The van der Waals surface area contributed by atoms with E-state index in [1.807, 2.05) is 0 Å². The number of rotatable bonds is 4. The van der Waals surface area contributed by atoms with Crippen molar-refractivity contribution >= 4 is 25.5 Å². The van der Waals surface area contributed by atoms with Gasteiger partial charge in [0.1, 0.15) is 0 Å². The molecule has 3 N–H and O–H groups in total. The predicted octanol–water partition coefficient (Wildman–Crippen LogP) is -0.00110. The van der Waals surface area contributed by atoms with Crippen molar-refractivity contribution in [2.45, 2.75) is 11.8 Å². The first-order valence-electron chi connectivity index (χ1n) is 5.51. The molecule has 1 aliphatic heterocycles. The van der Waals surface area contributed by atoms with Crippen molar-refractivity contribution in [3.63, 3.8) is 0 Å². The van der Waals surface area contributed by atoms with Crippen LogP contribution in [0.1, 0.15) is 5.56 Å². The van der Waals surface area contributed by atoms with Gasteiger partial charge in [0.05, 0.1) is 17.5 Å². The van der Waals surface area contributed by atoms with Crippen LogP contribution in [0.5, 0.6) is 0 Å². The normalized spacial score (nSPS) is 21.6. The molecule has 0 saturated carbocycles. The molecule has 0 radical (unpaired) electrons. The van der Waals surface area contributed by atoms with Gasteiger partial charge in [0.2, 0.25) is 10.0 Å². The maximum atomic E-state index is 11.9. The van der Waals surface area contributed by atoms with Crippen LogP contribution in [0.15, 0.2) is 35.7 Å². The zero-order valence-corrected chi connectivity index (χ0v) is 11.6. The Morgan fingerprint density at radius 1 is 1.37 bits per heavy atom. The van der Waals surface area contributed by atoms with E-state index in [4.69, 9.17) is 5.73 Å². The van der Waals surface area contributed by atoms with Crippen molar-refractivity contribution in [2.75, 3.05) is 11.5 Å². The van der Waals surface area contributed by atoms with Crippen LogP contribution in [0, 0.1) is 0 Å². The highest BCUT2D eigenvalue weighted by atomic mass is 32.2. The minimum Gasteiger partial charge on any atom is -0.399 e. The third-order valence-electron chi connectivity index (χ3n) is 2.57. The number of nitrogens with one attached hydrogen (secondary N) is 1. The van der Waals surface area contributed by atoms with Crippen LogP contribution >= 0.6 is 0 Å². The van der Waals surface area contributed by atoms with Gasteiger partial charge in [-0.2, -0.15) is 0 Å². The fourth-order valence-corrected chi connectivity index (χ4v) is 4.49. The summed E-state index contributed by atoms with van der Waals surface area (Å²) >= 11 is 0. The summed E-state index contributed by atoms with van der Waals surface area (Å²) in [6.07, 6.45) is 1.34. The molecule has 0 fully saturated rings. The Kier molecular flexibility index (Phi) is 3.66. The van der Waals surface area contributed by atoms with Crippen LogP contribution in [0.4, 0.5) is 5.69 Å². The molecule has 1 aromatic carbocycles. The lowest BCUT2D eigenvalue weighted by molar-refractivity contribution is 0.574. The first kappa shape index (κ1) is 14.0. The van der Waals surface area contributed by atoms with E-state index in [1.165, 1.54) is 6.08 Å². The summed E-state index contributed by atoms with van der Waals surface area (Å²) in [7, 11) is -6.88. The molecule has 8 heteroatoms. The largest absolute Gasteiger partial charge is 0.399 e.